The van der Waals surface area contributed by atoms with Gasteiger partial charge in [-0.1, -0.05) is 0 Å². The third-order valence-corrected chi connectivity index (χ3v) is 1.31. The summed E-state index contributed by atoms with van der Waals surface area (Å²) in [6, 6.07) is -3.31. The zero-order valence-corrected chi connectivity index (χ0v) is 5.61. The number of halogens is 4. The van der Waals surface area contributed by atoms with Gasteiger partial charge in [-0.25, -0.2) is 8.78 Å². The summed E-state index contributed by atoms with van der Waals surface area (Å²) in [6.07, 6.45) is -2.68. The first-order valence-electron chi connectivity index (χ1n) is 2.82. The van der Waals surface area contributed by atoms with Gasteiger partial charge in [0.15, 0.2) is 0 Å². The monoisotopic (exact) mass is 170 g/mol. The molecule has 0 saturated heterocycles. The molecule has 0 unspecified atom stereocenters. The Morgan fingerprint density at radius 1 is 1.55 bits per heavy atom. The van der Waals surface area contributed by atoms with Crippen molar-refractivity contribution in [3.8, 4) is 0 Å². The van der Waals surface area contributed by atoms with Gasteiger partial charge in [0.2, 0.25) is 0 Å². The number of hydrogen-bond donors (Lipinski definition) is 1. The van der Waals surface area contributed by atoms with Gasteiger partial charge in [0.1, 0.15) is 0 Å². The first-order valence-corrected chi connectivity index (χ1v) is 2.82. The Morgan fingerprint density at radius 3 is 2.27 bits per heavy atom. The molecule has 1 aliphatic rings. The predicted octanol–water partition coefficient (Wildman–Crippen LogP) is 1.18. The maximum absolute atomic E-state index is 12.4. The average molecular weight is 170 g/mol. The van der Waals surface area contributed by atoms with Crippen molar-refractivity contribution >= 4 is 0 Å². The van der Waals surface area contributed by atoms with Crippen molar-refractivity contribution in [3.05, 3.63) is 11.8 Å². The average Bonchev–Trinajstić information content (AvgIpc) is 2.08. The molecule has 0 aromatic carbocycles. The first kappa shape index (κ1) is 8.32. The van der Waals surface area contributed by atoms with Gasteiger partial charge in [0, 0.05) is 13.1 Å². The smallest absolute Gasteiger partial charge is 0.313 e. The molecule has 2 nitrogen and oxygen atoms in total. The molecule has 0 aromatic rings. The van der Waals surface area contributed by atoms with Gasteiger partial charge in [-0.2, -0.15) is 13.8 Å². The van der Waals surface area contributed by atoms with E-state index in [2.05, 4.69) is 0 Å². The third kappa shape index (κ3) is 1.45. The predicted molar refractivity (Wildman–Crippen MR) is 29.9 cm³/mol. The highest BCUT2D eigenvalue weighted by atomic mass is 19.3. The highest BCUT2D eigenvalue weighted by Crippen LogP contribution is 2.27. The number of hydrazine groups is 1. The van der Waals surface area contributed by atoms with Crippen LogP contribution in [0, 0.1) is 0 Å². The lowest BCUT2D eigenvalue weighted by molar-refractivity contribution is -0.0957. The van der Waals surface area contributed by atoms with Crippen LogP contribution < -0.4 is 5.43 Å². The number of likely N-dealkylation sites (N-methyl/N-ethyl adjacent to an activating group) is 1. The van der Waals surface area contributed by atoms with Crippen LogP contribution in [0.3, 0.4) is 0 Å². The molecule has 0 bridgehead atoms. The SMILES string of the molecule is CN1NC(C(F)F)=CC1(F)F. The molecule has 1 N–H and O–H groups in total. The van der Waals surface area contributed by atoms with Crippen molar-refractivity contribution in [2.75, 3.05) is 7.05 Å². The number of hydrogen-bond acceptors (Lipinski definition) is 2. The molecule has 0 atom stereocenters. The minimum absolute atomic E-state index is 0.206. The van der Waals surface area contributed by atoms with E-state index in [1.165, 1.54) is 0 Å². The molecule has 64 valence electrons. The number of allylic oxidation sites excluding steroid dienone is 1. The minimum Gasteiger partial charge on any atom is -0.313 e. The molecule has 0 amide bonds. The van der Waals surface area contributed by atoms with Gasteiger partial charge in [-0.15, -0.1) is 0 Å². The van der Waals surface area contributed by atoms with Crippen LogP contribution in [0.2, 0.25) is 0 Å². The quantitative estimate of drug-likeness (QED) is 0.469. The zero-order chi connectivity index (χ0) is 8.65. The second kappa shape index (κ2) is 2.37. The fraction of sp³-hybridized carbons (Fsp3) is 0.600. The molecular weight excluding hydrogens is 164 g/mol. The van der Waals surface area contributed by atoms with Crippen LogP contribution in [0.1, 0.15) is 0 Å². The molecular formula is C5H6F4N2. The Bertz CT molecular complexity index is 189. The zero-order valence-electron chi connectivity index (χ0n) is 5.61. The number of nitrogens with zero attached hydrogens (tertiary/aromatic N) is 1. The molecule has 0 spiro atoms. The van der Waals surface area contributed by atoms with Gasteiger partial charge in [0.05, 0.1) is 5.70 Å². The summed E-state index contributed by atoms with van der Waals surface area (Å²) in [4.78, 5) is 0. The van der Waals surface area contributed by atoms with Crippen molar-refractivity contribution in [1.29, 1.82) is 0 Å². The van der Waals surface area contributed by atoms with E-state index in [-0.39, 0.29) is 6.08 Å². The Morgan fingerprint density at radius 2 is 2.09 bits per heavy atom. The maximum atomic E-state index is 12.4. The Kier molecular flexibility index (Phi) is 1.79. The van der Waals surface area contributed by atoms with Crippen LogP contribution in [0.15, 0.2) is 11.8 Å². The van der Waals surface area contributed by atoms with Crippen LogP contribution in [0.5, 0.6) is 0 Å². The van der Waals surface area contributed by atoms with E-state index in [1.54, 1.807) is 0 Å². The maximum Gasteiger partial charge on any atom is 0.342 e. The van der Waals surface area contributed by atoms with E-state index >= 15 is 0 Å². The lowest BCUT2D eigenvalue weighted by atomic mass is 10.4. The standard InChI is InChI=1S/C5H6F4N2/c1-11-5(8,9)2-3(10-11)4(6)7/h2,4,10H,1H3. The highest BCUT2D eigenvalue weighted by Gasteiger charge is 2.40. The van der Waals surface area contributed by atoms with Crippen LogP contribution in [0.25, 0.3) is 0 Å². The van der Waals surface area contributed by atoms with E-state index < -0.39 is 18.2 Å². The molecule has 0 aromatic heterocycles. The molecule has 1 aliphatic heterocycles. The van der Waals surface area contributed by atoms with Crippen molar-refractivity contribution in [3.63, 3.8) is 0 Å². The summed E-state index contributed by atoms with van der Waals surface area (Å²) >= 11 is 0. The van der Waals surface area contributed by atoms with E-state index in [9.17, 15) is 17.6 Å². The molecule has 1 heterocycles. The second-order valence-electron chi connectivity index (χ2n) is 2.16. The van der Waals surface area contributed by atoms with Gasteiger partial charge < -0.3 is 5.43 Å². The molecule has 11 heavy (non-hydrogen) atoms. The first-order chi connectivity index (χ1) is 4.93. The number of alkyl halides is 4. The summed E-state index contributed by atoms with van der Waals surface area (Å²) in [5.74, 6) is 0. The summed E-state index contributed by atoms with van der Waals surface area (Å²) in [7, 11) is 0.992. The van der Waals surface area contributed by atoms with Crippen LogP contribution in [0.4, 0.5) is 17.6 Å². The molecule has 1 rings (SSSR count). The Hall–Kier alpha value is -0.780. The van der Waals surface area contributed by atoms with Crippen molar-refractivity contribution in [2.24, 2.45) is 0 Å². The van der Waals surface area contributed by atoms with E-state index in [4.69, 9.17) is 0 Å². The van der Waals surface area contributed by atoms with Gasteiger partial charge in [0.25, 0.3) is 6.43 Å². The fourth-order valence-electron chi connectivity index (χ4n) is 0.696. The Balaban J connectivity index is 2.76. The summed E-state index contributed by atoms with van der Waals surface area (Å²) in [5, 5.41) is 0.328. The van der Waals surface area contributed by atoms with Gasteiger partial charge in [-0.3, -0.25) is 0 Å². The molecule has 0 radical (unpaired) electrons. The second-order valence-corrected chi connectivity index (χ2v) is 2.16. The summed E-state index contributed by atoms with van der Waals surface area (Å²) in [6.45, 7) is 0. The summed E-state index contributed by atoms with van der Waals surface area (Å²) in [5.41, 5.74) is 1.09. The van der Waals surface area contributed by atoms with Crippen LogP contribution in [-0.4, -0.2) is 24.5 Å². The van der Waals surface area contributed by atoms with E-state index in [1.807, 2.05) is 5.43 Å². The van der Waals surface area contributed by atoms with Gasteiger partial charge >= 0.3 is 6.05 Å². The van der Waals surface area contributed by atoms with Crippen LogP contribution in [-0.2, 0) is 0 Å². The van der Waals surface area contributed by atoms with Crippen molar-refractivity contribution < 1.29 is 17.6 Å². The van der Waals surface area contributed by atoms with Crippen molar-refractivity contribution in [1.82, 2.24) is 10.4 Å². The molecule has 6 heteroatoms. The fourth-order valence-corrected chi connectivity index (χ4v) is 0.696. The van der Waals surface area contributed by atoms with Crippen molar-refractivity contribution in [2.45, 2.75) is 12.5 Å². The van der Waals surface area contributed by atoms with Crippen LogP contribution >= 0.6 is 0 Å². The Labute approximate surface area is 60.4 Å². The molecule has 0 fully saturated rings. The van der Waals surface area contributed by atoms with E-state index in [0.717, 1.165) is 7.05 Å². The number of nitrogens with one attached hydrogen (secondary N) is 1. The summed E-state index contributed by atoms with van der Waals surface area (Å²) < 4.78 is 48.3. The number of rotatable bonds is 1. The topological polar surface area (TPSA) is 15.3 Å². The lowest BCUT2D eigenvalue weighted by Crippen LogP contribution is -2.40. The molecule has 0 saturated carbocycles. The normalized spacial score (nSPS) is 23.6. The lowest BCUT2D eigenvalue weighted by Gasteiger charge is -2.17. The largest absolute Gasteiger partial charge is 0.342 e. The highest BCUT2D eigenvalue weighted by molar-refractivity contribution is 5.12. The third-order valence-electron chi connectivity index (χ3n) is 1.31. The minimum atomic E-state index is -3.31. The van der Waals surface area contributed by atoms with E-state index in [0.29, 0.717) is 5.01 Å². The molecule has 0 aliphatic carbocycles. The van der Waals surface area contributed by atoms with Gasteiger partial charge in [-0.05, 0) is 0 Å².